The van der Waals surface area contributed by atoms with E-state index in [9.17, 15) is 0 Å². The van der Waals surface area contributed by atoms with E-state index in [-0.39, 0.29) is 5.41 Å². The Kier molecular flexibility index (Phi) is 3.01. The third-order valence-electron chi connectivity index (χ3n) is 0.896. The molecule has 0 bridgehead atoms. The molecule has 0 aliphatic rings. The van der Waals surface area contributed by atoms with Gasteiger partial charge in [0.2, 0.25) is 0 Å². The van der Waals surface area contributed by atoms with E-state index >= 15 is 0 Å². The average molecular weight is 128 g/mol. The number of hydrogen-bond acceptors (Lipinski definition) is 1. The van der Waals surface area contributed by atoms with Crippen molar-refractivity contribution in [2.24, 2.45) is 5.41 Å². The van der Waals surface area contributed by atoms with Gasteiger partial charge in [0.15, 0.2) is 0 Å². The second kappa shape index (κ2) is 3.04. The molecule has 0 aromatic heterocycles. The average Bonchev–Trinajstić information content (AvgIpc) is 1.67. The van der Waals surface area contributed by atoms with E-state index in [0.29, 0.717) is 0 Å². The maximum Gasteiger partial charge on any atom is 0.0345 e. The van der Waals surface area contributed by atoms with Gasteiger partial charge in [0, 0.05) is 11.2 Å². The standard InChI is InChI=1S/C7H12S/c1-5-7(2,3)6-8-4/h1H,6H2,2-4H3. The van der Waals surface area contributed by atoms with Crippen LogP contribution in [0.3, 0.4) is 0 Å². The van der Waals surface area contributed by atoms with Gasteiger partial charge in [-0.05, 0) is 20.1 Å². The number of rotatable bonds is 2. The molecule has 0 N–H and O–H groups in total. The van der Waals surface area contributed by atoms with Crippen LogP contribution >= 0.6 is 11.8 Å². The first kappa shape index (κ1) is 7.91. The molecule has 0 fully saturated rings. The summed E-state index contributed by atoms with van der Waals surface area (Å²) in [6.07, 6.45) is 7.30. The third kappa shape index (κ3) is 2.98. The summed E-state index contributed by atoms with van der Waals surface area (Å²) in [6.45, 7) is 4.15. The molecule has 0 aliphatic carbocycles. The molecule has 0 saturated carbocycles. The van der Waals surface area contributed by atoms with Gasteiger partial charge in [-0.15, -0.1) is 6.42 Å². The fraction of sp³-hybridized carbons (Fsp3) is 0.714. The van der Waals surface area contributed by atoms with E-state index in [0.717, 1.165) is 5.75 Å². The lowest BCUT2D eigenvalue weighted by Gasteiger charge is -2.13. The van der Waals surface area contributed by atoms with Crippen LogP contribution in [0.1, 0.15) is 13.8 Å². The van der Waals surface area contributed by atoms with Gasteiger partial charge in [-0.3, -0.25) is 0 Å². The normalized spacial score (nSPS) is 10.8. The van der Waals surface area contributed by atoms with Gasteiger partial charge in [-0.2, -0.15) is 11.8 Å². The maximum absolute atomic E-state index is 5.23. The Morgan fingerprint density at radius 2 is 2.12 bits per heavy atom. The summed E-state index contributed by atoms with van der Waals surface area (Å²) in [4.78, 5) is 0. The van der Waals surface area contributed by atoms with Crippen molar-refractivity contribution < 1.29 is 0 Å². The Labute approximate surface area is 56.1 Å². The highest BCUT2D eigenvalue weighted by Crippen LogP contribution is 2.17. The topological polar surface area (TPSA) is 0 Å². The van der Waals surface area contributed by atoms with Crippen LogP contribution in [0.4, 0.5) is 0 Å². The van der Waals surface area contributed by atoms with Gasteiger partial charge in [0.1, 0.15) is 0 Å². The predicted molar refractivity (Wildman–Crippen MR) is 41.0 cm³/mol. The summed E-state index contributed by atoms with van der Waals surface area (Å²) in [5, 5.41) is 0. The van der Waals surface area contributed by atoms with Crippen LogP contribution in [0.15, 0.2) is 0 Å². The third-order valence-corrected chi connectivity index (χ3v) is 1.91. The van der Waals surface area contributed by atoms with Crippen LogP contribution in [0.25, 0.3) is 0 Å². The summed E-state index contributed by atoms with van der Waals surface area (Å²) in [5.41, 5.74) is 0.0828. The van der Waals surface area contributed by atoms with Crippen molar-refractivity contribution in [2.45, 2.75) is 13.8 Å². The van der Waals surface area contributed by atoms with E-state index in [4.69, 9.17) is 6.42 Å². The SMILES string of the molecule is C#CC(C)(C)CSC. The highest BCUT2D eigenvalue weighted by atomic mass is 32.2. The fourth-order valence-corrected chi connectivity index (χ4v) is 1.21. The van der Waals surface area contributed by atoms with Crippen LogP contribution in [-0.2, 0) is 0 Å². The lowest BCUT2D eigenvalue weighted by molar-refractivity contribution is 0.585. The first-order chi connectivity index (χ1) is 3.62. The van der Waals surface area contributed by atoms with Crippen LogP contribution in [0.5, 0.6) is 0 Å². The molecule has 0 unspecified atom stereocenters. The second-order valence-corrected chi connectivity index (χ2v) is 3.33. The first-order valence-electron chi connectivity index (χ1n) is 2.59. The molecule has 46 valence electrons. The Balaban J connectivity index is 3.59. The number of hydrogen-bond donors (Lipinski definition) is 0. The van der Waals surface area contributed by atoms with Crippen molar-refractivity contribution in [3.8, 4) is 12.3 Å². The molecule has 0 aromatic carbocycles. The van der Waals surface area contributed by atoms with Gasteiger partial charge in [0.05, 0.1) is 0 Å². The molecule has 0 saturated heterocycles. The molecule has 0 spiro atoms. The Hall–Kier alpha value is -0.0900. The van der Waals surface area contributed by atoms with Crippen molar-refractivity contribution >= 4 is 11.8 Å². The van der Waals surface area contributed by atoms with Crippen molar-refractivity contribution in [3.05, 3.63) is 0 Å². The summed E-state index contributed by atoms with van der Waals surface area (Å²) in [5.74, 6) is 3.77. The Morgan fingerprint density at radius 1 is 1.62 bits per heavy atom. The quantitative estimate of drug-likeness (QED) is 0.513. The minimum absolute atomic E-state index is 0.0828. The molecule has 0 rings (SSSR count). The number of terminal acetylenes is 1. The van der Waals surface area contributed by atoms with E-state index in [2.05, 4.69) is 26.0 Å². The monoisotopic (exact) mass is 128 g/mol. The molecule has 0 amide bonds. The zero-order valence-corrected chi connectivity index (χ0v) is 6.51. The molecule has 8 heavy (non-hydrogen) atoms. The molecular formula is C7H12S. The highest BCUT2D eigenvalue weighted by Gasteiger charge is 2.11. The van der Waals surface area contributed by atoms with Gasteiger partial charge in [-0.1, -0.05) is 5.92 Å². The molecule has 0 aromatic rings. The fourth-order valence-electron chi connectivity index (χ4n) is 0.403. The van der Waals surface area contributed by atoms with Gasteiger partial charge in [-0.25, -0.2) is 0 Å². The molecule has 0 radical (unpaired) electrons. The van der Waals surface area contributed by atoms with Crippen LogP contribution in [0, 0.1) is 17.8 Å². The number of thioether (sulfide) groups is 1. The summed E-state index contributed by atoms with van der Waals surface area (Å²) < 4.78 is 0. The molecule has 0 aliphatic heterocycles. The maximum atomic E-state index is 5.23. The molecule has 1 heteroatoms. The van der Waals surface area contributed by atoms with Gasteiger partial charge in [0.25, 0.3) is 0 Å². The summed E-state index contributed by atoms with van der Waals surface area (Å²) in [7, 11) is 0. The summed E-state index contributed by atoms with van der Waals surface area (Å²) >= 11 is 1.79. The minimum Gasteiger partial charge on any atom is -0.164 e. The molecular weight excluding hydrogens is 116 g/mol. The minimum atomic E-state index is 0.0828. The van der Waals surface area contributed by atoms with Crippen molar-refractivity contribution in [2.75, 3.05) is 12.0 Å². The van der Waals surface area contributed by atoms with E-state index < -0.39 is 0 Å². The molecule has 0 nitrogen and oxygen atoms in total. The van der Waals surface area contributed by atoms with Gasteiger partial charge < -0.3 is 0 Å². The van der Waals surface area contributed by atoms with Gasteiger partial charge >= 0.3 is 0 Å². The Bertz CT molecular complexity index is 97.4. The Morgan fingerprint density at radius 3 is 2.25 bits per heavy atom. The zero-order chi connectivity index (χ0) is 6.62. The van der Waals surface area contributed by atoms with Crippen LogP contribution in [0.2, 0.25) is 0 Å². The van der Waals surface area contributed by atoms with E-state index in [1.165, 1.54) is 0 Å². The highest BCUT2D eigenvalue weighted by molar-refractivity contribution is 7.98. The first-order valence-corrected chi connectivity index (χ1v) is 3.98. The van der Waals surface area contributed by atoms with Crippen molar-refractivity contribution in [1.82, 2.24) is 0 Å². The van der Waals surface area contributed by atoms with E-state index in [1.807, 2.05) is 0 Å². The molecule has 0 heterocycles. The largest absolute Gasteiger partial charge is 0.164 e. The lowest BCUT2D eigenvalue weighted by Crippen LogP contribution is -2.10. The second-order valence-electron chi connectivity index (χ2n) is 2.46. The lowest BCUT2D eigenvalue weighted by atomic mass is 9.98. The summed E-state index contributed by atoms with van der Waals surface area (Å²) in [6, 6.07) is 0. The van der Waals surface area contributed by atoms with Crippen LogP contribution in [-0.4, -0.2) is 12.0 Å². The van der Waals surface area contributed by atoms with Crippen LogP contribution < -0.4 is 0 Å². The van der Waals surface area contributed by atoms with E-state index in [1.54, 1.807) is 11.8 Å². The zero-order valence-electron chi connectivity index (χ0n) is 5.69. The smallest absolute Gasteiger partial charge is 0.0345 e. The van der Waals surface area contributed by atoms with Crippen molar-refractivity contribution in [3.63, 3.8) is 0 Å². The van der Waals surface area contributed by atoms with Crippen molar-refractivity contribution in [1.29, 1.82) is 0 Å². The molecule has 0 atom stereocenters. The predicted octanol–water partition coefficient (Wildman–Crippen LogP) is 2.01.